The Hall–Kier alpha value is -2.73. The van der Waals surface area contributed by atoms with Crippen LogP contribution < -0.4 is 4.90 Å². The fourth-order valence-corrected chi connectivity index (χ4v) is 4.63. The first-order valence-corrected chi connectivity index (χ1v) is 10.3. The molecule has 29 heavy (non-hydrogen) atoms. The topological polar surface area (TPSA) is 69.6 Å². The van der Waals surface area contributed by atoms with Crippen LogP contribution in [0, 0.1) is 12.3 Å². The Kier molecular flexibility index (Phi) is 5.62. The van der Waals surface area contributed by atoms with E-state index in [4.69, 9.17) is 0 Å². The molecule has 6 nitrogen and oxygen atoms in total. The second-order valence-electron chi connectivity index (χ2n) is 8.16. The molecule has 2 aliphatic heterocycles. The number of hydrogen-bond donors (Lipinski definition) is 1. The highest BCUT2D eigenvalue weighted by Gasteiger charge is 2.46. The van der Waals surface area contributed by atoms with Crippen LogP contribution in [-0.2, 0) is 4.79 Å². The number of carbonyl (C=O) groups excluding carboxylic acids is 1. The quantitative estimate of drug-likeness (QED) is 0.814. The molecular formula is C23H28N4O2. The van der Waals surface area contributed by atoms with Crippen LogP contribution in [0.15, 0.2) is 48.8 Å². The summed E-state index contributed by atoms with van der Waals surface area (Å²) in [5.74, 6) is 0.888. The zero-order chi connectivity index (χ0) is 20.3. The fourth-order valence-electron chi connectivity index (χ4n) is 4.63. The largest absolute Gasteiger partial charge is 0.392 e. The molecule has 2 aromatic rings. The third-order valence-electron chi connectivity index (χ3n) is 6.18. The molecule has 0 unspecified atom stereocenters. The van der Waals surface area contributed by atoms with E-state index in [1.54, 1.807) is 18.5 Å². The Morgan fingerprint density at radius 2 is 1.97 bits per heavy atom. The minimum Gasteiger partial charge on any atom is -0.392 e. The molecule has 1 spiro atoms. The second kappa shape index (κ2) is 8.33. The number of hydrogen-bond acceptors (Lipinski definition) is 5. The normalized spacial score (nSPS) is 25.0. The molecule has 1 N–H and O–H groups in total. The molecule has 0 aliphatic carbocycles. The minimum absolute atomic E-state index is 0.00735. The summed E-state index contributed by atoms with van der Waals surface area (Å²) >= 11 is 0. The third kappa shape index (κ3) is 4.17. The van der Waals surface area contributed by atoms with Crippen molar-refractivity contribution >= 4 is 17.8 Å². The van der Waals surface area contributed by atoms with E-state index in [-0.39, 0.29) is 11.3 Å². The van der Waals surface area contributed by atoms with Crippen molar-refractivity contribution in [2.75, 3.05) is 31.1 Å². The van der Waals surface area contributed by atoms with Crippen LogP contribution in [-0.4, -0.2) is 58.2 Å². The number of amides is 1. The average Bonchev–Trinajstić information content (AvgIpc) is 2.75. The molecule has 152 valence electrons. The van der Waals surface area contributed by atoms with Crippen molar-refractivity contribution in [1.82, 2.24) is 14.9 Å². The smallest absolute Gasteiger partial charge is 0.246 e. The van der Waals surface area contributed by atoms with Crippen LogP contribution in [0.4, 0.5) is 5.82 Å². The Morgan fingerprint density at radius 3 is 2.76 bits per heavy atom. The zero-order valence-corrected chi connectivity index (χ0v) is 16.9. The van der Waals surface area contributed by atoms with E-state index in [0.29, 0.717) is 19.5 Å². The zero-order valence-electron chi connectivity index (χ0n) is 16.9. The number of nitrogens with zero attached hydrogens (tertiary/aromatic N) is 4. The van der Waals surface area contributed by atoms with Gasteiger partial charge in [0.15, 0.2) is 0 Å². The summed E-state index contributed by atoms with van der Waals surface area (Å²) in [6, 6.07) is 9.84. The highest BCUT2D eigenvalue weighted by atomic mass is 16.3. The lowest BCUT2D eigenvalue weighted by Gasteiger charge is -2.51. The molecule has 1 aromatic heterocycles. The second-order valence-corrected chi connectivity index (χ2v) is 8.16. The molecule has 2 aliphatic rings. The molecule has 2 saturated heterocycles. The van der Waals surface area contributed by atoms with Gasteiger partial charge in [-0.15, -0.1) is 0 Å². The monoisotopic (exact) mass is 392 g/mol. The average molecular weight is 393 g/mol. The summed E-state index contributed by atoms with van der Waals surface area (Å²) in [6.07, 6.45) is 9.00. The van der Waals surface area contributed by atoms with Gasteiger partial charge in [0.2, 0.25) is 5.91 Å². The number of aliphatic hydroxyl groups excluding tert-OH is 1. The van der Waals surface area contributed by atoms with Crippen LogP contribution in [0.1, 0.15) is 30.5 Å². The Labute approximate surface area is 171 Å². The van der Waals surface area contributed by atoms with E-state index in [1.165, 1.54) is 0 Å². The van der Waals surface area contributed by atoms with Crippen LogP contribution >= 0.6 is 0 Å². The third-order valence-corrected chi connectivity index (χ3v) is 6.18. The highest BCUT2D eigenvalue weighted by Crippen LogP contribution is 2.40. The number of anilines is 1. The van der Waals surface area contributed by atoms with Crippen LogP contribution in [0.5, 0.6) is 0 Å². The van der Waals surface area contributed by atoms with Gasteiger partial charge < -0.3 is 14.9 Å². The van der Waals surface area contributed by atoms with Crippen LogP contribution in [0.2, 0.25) is 0 Å². The molecule has 4 rings (SSSR count). The fraction of sp³-hybridized carbons (Fsp3) is 0.435. The van der Waals surface area contributed by atoms with Crippen LogP contribution in [0.25, 0.3) is 6.08 Å². The SMILES string of the molecule is Cc1nccnc1N1CC[C@@H](O)[C@]2(CCCN(C(=O)C=Cc3ccccc3)C2)C1. The van der Waals surface area contributed by atoms with Crippen molar-refractivity contribution in [1.29, 1.82) is 0 Å². The lowest BCUT2D eigenvalue weighted by Crippen LogP contribution is -2.60. The molecule has 3 heterocycles. The van der Waals surface area contributed by atoms with Gasteiger partial charge in [-0.2, -0.15) is 0 Å². The van der Waals surface area contributed by atoms with E-state index < -0.39 is 6.10 Å². The first-order valence-electron chi connectivity index (χ1n) is 10.3. The molecule has 0 bridgehead atoms. The predicted molar refractivity (Wildman–Crippen MR) is 113 cm³/mol. The molecule has 1 aromatic carbocycles. The van der Waals surface area contributed by atoms with Gasteiger partial charge in [-0.05, 0) is 37.8 Å². The van der Waals surface area contributed by atoms with Crippen molar-refractivity contribution in [2.24, 2.45) is 5.41 Å². The van der Waals surface area contributed by atoms with Crippen molar-refractivity contribution in [2.45, 2.75) is 32.3 Å². The van der Waals surface area contributed by atoms with Gasteiger partial charge in [0.05, 0.1) is 11.8 Å². The number of aryl methyl sites for hydroxylation is 1. The van der Waals surface area contributed by atoms with Gasteiger partial charge >= 0.3 is 0 Å². The summed E-state index contributed by atoms with van der Waals surface area (Å²) in [7, 11) is 0. The van der Waals surface area contributed by atoms with Crippen molar-refractivity contribution in [3.8, 4) is 0 Å². The minimum atomic E-state index is -0.413. The Morgan fingerprint density at radius 1 is 1.17 bits per heavy atom. The predicted octanol–water partition coefficient (Wildman–Crippen LogP) is 2.68. The van der Waals surface area contributed by atoms with Gasteiger partial charge in [0, 0.05) is 50.1 Å². The number of piperidine rings is 2. The maximum atomic E-state index is 12.8. The van der Waals surface area contributed by atoms with Crippen molar-refractivity contribution in [3.05, 3.63) is 60.1 Å². The van der Waals surface area contributed by atoms with E-state index in [1.807, 2.05) is 48.2 Å². The van der Waals surface area contributed by atoms with Gasteiger partial charge in [-0.1, -0.05) is 30.3 Å². The number of rotatable bonds is 3. The van der Waals surface area contributed by atoms with Crippen molar-refractivity contribution in [3.63, 3.8) is 0 Å². The van der Waals surface area contributed by atoms with E-state index >= 15 is 0 Å². The van der Waals surface area contributed by atoms with Gasteiger partial charge in [-0.3, -0.25) is 9.78 Å². The summed E-state index contributed by atoms with van der Waals surface area (Å²) in [5.41, 5.74) is 1.58. The molecule has 1 amide bonds. The number of carbonyl (C=O) groups is 1. The maximum Gasteiger partial charge on any atom is 0.246 e. The molecule has 0 saturated carbocycles. The lowest BCUT2D eigenvalue weighted by atomic mass is 9.71. The molecular weight excluding hydrogens is 364 g/mol. The highest BCUT2D eigenvalue weighted by molar-refractivity contribution is 5.91. The summed E-state index contributed by atoms with van der Waals surface area (Å²) < 4.78 is 0. The number of likely N-dealkylation sites (tertiary alicyclic amines) is 1. The standard InChI is InChI=1S/C23H28N4O2/c1-18-22(25-13-12-24-18)27-15-10-20(28)23(17-27)11-5-14-26(16-23)21(29)9-8-19-6-3-2-4-7-19/h2-4,6-9,12-13,20,28H,5,10-11,14-17H2,1H3/t20-,23+/m1/s1. The molecule has 2 fully saturated rings. The first-order chi connectivity index (χ1) is 14.1. The summed E-state index contributed by atoms with van der Waals surface area (Å²) in [6.45, 7) is 4.72. The molecule has 6 heteroatoms. The first kappa shape index (κ1) is 19.6. The van der Waals surface area contributed by atoms with Crippen molar-refractivity contribution < 1.29 is 9.90 Å². The number of aliphatic hydroxyl groups is 1. The van der Waals surface area contributed by atoms with Gasteiger partial charge in [-0.25, -0.2) is 4.98 Å². The lowest BCUT2D eigenvalue weighted by molar-refractivity contribution is -0.132. The number of benzene rings is 1. The van der Waals surface area contributed by atoms with E-state index in [9.17, 15) is 9.90 Å². The summed E-state index contributed by atoms with van der Waals surface area (Å²) in [5, 5.41) is 10.9. The Balaban J connectivity index is 1.50. The van der Waals surface area contributed by atoms with Gasteiger partial charge in [0.1, 0.15) is 5.82 Å². The number of aromatic nitrogens is 2. The van der Waals surface area contributed by atoms with E-state index in [2.05, 4.69) is 14.9 Å². The molecule has 2 atom stereocenters. The van der Waals surface area contributed by atoms with E-state index in [0.717, 1.165) is 43.0 Å². The van der Waals surface area contributed by atoms with Gasteiger partial charge in [0.25, 0.3) is 0 Å². The Bertz CT molecular complexity index is 885. The summed E-state index contributed by atoms with van der Waals surface area (Å²) in [4.78, 5) is 25.8. The molecule has 0 radical (unpaired) electrons. The maximum absolute atomic E-state index is 12.8. The van der Waals surface area contributed by atoms with Crippen LogP contribution in [0.3, 0.4) is 0 Å².